The molecule has 0 atom stereocenters. The van der Waals surface area contributed by atoms with E-state index in [4.69, 9.17) is 0 Å². The van der Waals surface area contributed by atoms with E-state index < -0.39 is 20.4 Å². The van der Waals surface area contributed by atoms with E-state index in [0.29, 0.717) is 11.3 Å². The van der Waals surface area contributed by atoms with E-state index in [1.807, 2.05) is 30.3 Å². The second-order valence-electron chi connectivity index (χ2n) is 8.38. The van der Waals surface area contributed by atoms with Crippen molar-refractivity contribution in [2.75, 3.05) is 18.4 Å². The Hall–Kier alpha value is -3.56. The summed E-state index contributed by atoms with van der Waals surface area (Å²) >= 11 is 0. The van der Waals surface area contributed by atoms with Gasteiger partial charge in [-0.2, -0.15) is 4.31 Å². The van der Waals surface area contributed by atoms with Crippen molar-refractivity contribution in [3.63, 3.8) is 0 Å². The number of hydrogen-bond donors (Lipinski definition) is 1. The molecule has 1 heterocycles. The molecule has 1 amide bonds. The standard InChI is InChI=1S/C25H25N3O5S/c1-19-12-13-21(28(30)31)18-23(19)26-24(29)25(20-8-4-2-5-9-20)14-16-27(17-15-25)34(32,33)22-10-6-3-7-11-22/h2-13,18H,14-17H2,1H3,(H,26,29). The zero-order valence-electron chi connectivity index (χ0n) is 18.7. The first kappa shape index (κ1) is 23.6. The molecule has 176 valence electrons. The SMILES string of the molecule is Cc1ccc([N+](=O)[O-])cc1NC(=O)C1(c2ccccc2)CCN(S(=O)(=O)c2ccccc2)CC1. The van der Waals surface area contributed by atoms with Crippen molar-refractivity contribution in [2.24, 2.45) is 0 Å². The summed E-state index contributed by atoms with van der Waals surface area (Å²) in [7, 11) is -3.67. The molecule has 1 fully saturated rings. The summed E-state index contributed by atoms with van der Waals surface area (Å²) in [5.74, 6) is -0.306. The van der Waals surface area contributed by atoms with E-state index in [0.717, 1.165) is 5.56 Å². The van der Waals surface area contributed by atoms with Crippen molar-refractivity contribution in [2.45, 2.75) is 30.1 Å². The van der Waals surface area contributed by atoms with Crippen molar-refractivity contribution < 1.29 is 18.1 Å². The summed E-state index contributed by atoms with van der Waals surface area (Å²) in [6.07, 6.45) is 0.561. The lowest BCUT2D eigenvalue weighted by Crippen LogP contribution is -2.51. The summed E-state index contributed by atoms with van der Waals surface area (Å²) in [5.41, 5.74) is 0.770. The van der Waals surface area contributed by atoms with Crippen LogP contribution >= 0.6 is 0 Å². The van der Waals surface area contributed by atoms with Crippen LogP contribution < -0.4 is 5.32 Å². The number of amides is 1. The zero-order valence-corrected chi connectivity index (χ0v) is 19.5. The van der Waals surface area contributed by atoms with Crippen LogP contribution in [0.4, 0.5) is 11.4 Å². The number of piperidine rings is 1. The van der Waals surface area contributed by atoms with Crippen molar-refractivity contribution in [3.8, 4) is 0 Å². The third-order valence-electron chi connectivity index (χ3n) is 6.40. The number of nitrogens with one attached hydrogen (secondary N) is 1. The predicted molar refractivity (Wildman–Crippen MR) is 129 cm³/mol. The predicted octanol–water partition coefficient (Wildman–Crippen LogP) is 4.26. The molecule has 9 heteroatoms. The van der Waals surface area contributed by atoms with Crippen LogP contribution in [0.25, 0.3) is 0 Å². The van der Waals surface area contributed by atoms with Crippen LogP contribution in [0.15, 0.2) is 83.8 Å². The Bertz CT molecular complexity index is 1300. The van der Waals surface area contributed by atoms with Crippen LogP contribution in [0.2, 0.25) is 0 Å². The molecule has 3 aromatic carbocycles. The average Bonchev–Trinajstić information content (AvgIpc) is 2.86. The average molecular weight is 480 g/mol. The number of non-ortho nitro benzene ring substituents is 1. The van der Waals surface area contributed by atoms with Gasteiger partial charge in [0, 0.05) is 25.2 Å². The van der Waals surface area contributed by atoms with Gasteiger partial charge in [0.1, 0.15) is 0 Å². The van der Waals surface area contributed by atoms with E-state index in [1.165, 1.54) is 16.4 Å². The number of nitrogens with zero attached hydrogens (tertiary/aromatic N) is 2. The van der Waals surface area contributed by atoms with Gasteiger partial charge in [0.15, 0.2) is 0 Å². The van der Waals surface area contributed by atoms with Crippen LogP contribution in [-0.2, 0) is 20.2 Å². The number of anilines is 1. The molecule has 1 saturated heterocycles. The van der Waals surface area contributed by atoms with Gasteiger partial charge in [-0.05, 0) is 43.0 Å². The van der Waals surface area contributed by atoms with E-state index in [2.05, 4.69) is 5.32 Å². The molecule has 1 aliphatic heterocycles. The Balaban J connectivity index is 1.64. The Labute approximate surface area is 198 Å². The smallest absolute Gasteiger partial charge is 0.271 e. The van der Waals surface area contributed by atoms with E-state index in [-0.39, 0.29) is 42.4 Å². The second-order valence-corrected chi connectivity index (χ2v) is 10.3. The molecule has 0 aromatic heterocycles. The van der Waals surface area contributed by atoms with Crippen LogP contribution in [-0.4, -0.2) is 36.6 Å². The highest BCUT2D eigenvalue weighted by Gasteiger charge is 2.45. The van der Waals surface area contributed by atoms with Crippen LogP contribution in [0, 0.1) is 17.0 Å². The number of nitro benzene ring substituents is 1. The molecule has 4 rings (SSSR count). The molecular weight excluding hydrogens is 454 g/mol. The number of benzene rings is 3. The minimum Gasteiger partial charge on any atom is -0.325 e. The number of aryl methyl sites for hydroxylation is 1. The first-order valence-electron chi connectivity index (χ1n) is 10.9. The maximum absolute atomic E-state index is 13.7. The topological polar surface area (TPSA) is 110 Å². The van der Waals surface area contributed by atoms with Gasteiger partial charge in [0.05, 0.1) is 20.9 Å². The molecule has 0 aliphatic carbocycles. The molecule has 1 aliphatic rings. The molecule has 34 heavy (non-hydrogen) atoms. The highest BCUT2D eigenvalue weighted by atomic mass is 32.2. The molecule has 0 spiro atoms. The molecule has 0 saturated carbocycles. The minimum absolute atomic E-state index is 0.113. The normalized spacial score (nSPS) is 16.0. The Kier molecular flexibility index (Phi) is 6.49. The van der Waals surface area contributed by atoms with Gasteiger partial charge in [-0.1, -0.05) is 54.6 Å². The van der Waals surface area contributed by atoms with E-state index in [1.54, 1.807) is 43.3 Å². The molecule has 0 bridgehead atoms. The van der Waals surface area contributed by atoms with Gasteiger partial charge in [-0.3, -0.25) is 14.9 Å². The quantitative estimate of drug-likeness (QED) is 0.420. The number of carbonyl (C=O) groups is 1. The lowest BCUT2D eigenvalue weighted by atomic mass is 9.72. The second kappa shape index (κ2) is 9.36. The molecule has 1 N–H and O–H groups in total. The maximum Gasteiger partial charge on any atom is 0.271 e. The number of sulfonamides is 1. The van der Waals surface area contributed by atoms with E-state index in [9.17, 15) is 23.3 Å². The number of nitro groups is 1. The highest BCUT2D eigenvalue weighted by Crippen LogP contribution is 2.39. The van der Waals surface area contributed by atoms with Gasteiger partial charge in [-0.25, -0.2) is 8.42 Å². The number of rotatable bonds is 6. The van der Waals surface area contributed by atoms with E-state index >= 15 is 0 Å². The van der Waals surface area contributed by atoms with Crippen molar-refractivity contribution in [3.05, 3.63) is 100 Å². The number of carbonyl (C=O) groups excluding carboxylic acids is 1. The summed E-state index contributed by atoms with van der Waals surface area (Å²) < 4.78 is 27.6. The summed E-state index contributed by atoms with van der Waals surface area (Å²) in [4.78, 5) is 24.6. The van der Waals surface area contributed by atoms with Gasteiger partial charge < -0.3 is 5.32 Å². The molecule has 0 radical (unpaired) electrons. The maximum atomic E-state index is 13.7. The zero-order chi connectivity index (χ0) is 24.3. The molecule has 8 nitrogen and oxygen atoms in total. The fourth-order valence-electron chi connectivity index (χ4n) is 4.35. The highest BCUT2D eigenvalue weighted by molar-refractivity contribution is 7.89. The van der Waals surface area contributed by atoms with Crippen molar-refractivity contribution >= 4 is 27.3 Å². The van der Waals surface area contributed by atoms with Crippen molar-refractivity contribution in [1.82, 2.24) is 4.31 Å². The summed E-state index contributed by atoms with van der Waals surface area (Å²) in [5, 5.41) is 14.1. The molecule has 0 unspecified atom stereocenters. The Morgan fingerprint density at radius 1 is 0.971 bits per heavy atom. The number of hydrogen-bond acceptors (Lipinski definition) is 5. The Morgan fingerprint density at radius 3 is 2.15 bits per heavy atom. The molecular formula is C25H25N3O5S. The largest absolute Gasteiger partial charge is 0.325 e. The first-order valence-corrected chi connectivity index (χ1v) is 12.4. The fourth-order valence-corrected chi connectivity index (χ4v) is 5.82. The summed E-state index contributed by atoms with van der Waals surface area (Å²) in [6.45, 7) is 2.12. The van der Waals surface area contributed by atoms with Gasteiger partial charge in [0.2, 0.25) is 15.9 Å². The van der Waals surface area contributed by atoms with Crippen molar-refractivity contribution in [1.29, 1.82) is 0 Å². The van der Waals surface area contributed by atoms with Crippen LogP contribution in [0.3, 0.4) is 0 Å². The van der Waals surface area contributed by atoms with Crippen LogP contribution in [0.5, 0.6) is 0 Å². The van der Waals surface area contributed by atoms with Gasteiger partial charge in [-0.15, -0.1) is 0 Å². The Morgan fingerprint density at radius 2 is 1.56 bits per heavy atom. The minimum atomic E-state index is -3.67. The lowest BCUT2D eigenvalue weighted by molar-refractivity contribution is -0.384. The lowest BCUT2D eigenvalue weighted by Gasteiger charge is -2.40. The first-order chi connectivity index (χ1) is 16.2. The van der Waals surface area contributed by atoms with Gasteiger partial charge >= 0.3 is 0 Å². The molecule has 3 aromatic rings. The van der Waals surface area contributed by atoms with Crippen LogP contribution in [0.1, 0.15) is 24.0 Å². The fraction of sp³-hybridized carbons (Fsp3) is 0.240. The third-order valence-corrected chi connectivity index (χ3v) is 8.31. The summed E-state index contributed by atoms with van der Waals surface area (Å²) in [6, 6.07) is 21.8. The van der Waals surface area contributed by atoms with Gasteiger partial charge in [0.25, 0.3) is 5.69 Å². The third kappa shape index (κ3) is 4.44. The monoisotopic (exact) mass is 479 g/mol.